The first kappa shape index (κ1) is 16.8. The average molecular weight is 336 g/mol. The number of phenols is 2. The summed E-state index contributed by atoms with van der Waals surface area (Å²) < 4.78 is 13.8. The van der Waals surface area contributed by atoms with E-state index in [1.807, 2.05) is 0 Å². The Morgan fingerprint density at radius 3 is 2.61 bits per heavy atom. The Morgan fingerprint density at radius 1 is 1.30 bits per heavy atom. The SMILES string of the molecule is C/C(=C(/C=O)Cc1cc(Cl)ccc1F)c1c(N)cc(O)cc1O. The van der Waals surface area contributed by atoms with Crippen molar-refractivity contribution in [3.05, 3.63) is 57.9 Å². The summed E-state index contributed by atoms with van der Waals surface area (Å²) in [5.74, 6) is -0.930. The van der Waals surface area contributed by atoms with Gasteiger partial charge in [0, 0.05) is 40.4 Å². The summed E-state index contributed by atoms with van der Waals surface area (Å²) in [5.41, 5.74) is 7.05. The lowest BCUT2D eigenvalue weighted by atomic mass is 9.95. The Labute approximate surface area is 137 Å². The molecular formula is C17H15ClFNO3. The van der Waals surface area contributed by atoms with Gasteiger partial charge in [0.1, 0.15) is 23.6 Å². The molecule has 2 aromatic carbocycles. The number of benzene rings is 2. The molecule has 6 heteroatoms. The van der Waals surface area contributed by atoms with Crippen molar-refractivity contribution in [2.24, 2.45) is 0 Å². The van der Waals surface area contributed by atoms with E-state index >= 15 is 0 Å². The summed E-state index contributed by atoms with van der Waals surface area (Å²) >= 11 is 5.85. The third kappa shape index (κ3) is 3.63. The zero-order valence-electron chi connectivity index (χ0n) is 12.3. The van der Waals surface area contributed by atoms with Gasteiger partial charge in [0.25, 0.3) is 0 Å². The Hall–Kier alpha value is -2.53. The van der Waals surface area contributed by atoms with E-state index < -0.39 is 5.82 Å². The van der Waals surface area contributed by atoms with Gasteiger partial charge >= 0.3 is 0 Å². The molecular weight excluding hydrogens is 321 g/mol. The minimum absolute atomic E-state index is 0.00147. The summed E-state index contributed by atoms with van der Waals surface area (Å²) in [4.78, 5) is 11.4. The molecule has 0 fully saturated rings. The van der Waals surface area contributed by atoms with Crippen molar-refractivity contribution < 1.29 is 19.4 Å². The highest BCUT2D eigenvalue weighted by molar-refractivity contribution is 6.30. The molecule has 2 rings (SSSR count). The summed E-state index contributed by atoms with van der Waals surface area (Å²) in [6, 6.07) is 6.47. The predicted octanol–water partition coefficient (Wildman–Crippen LogP) is 3.69. The number of aromatic hydroxyl groups is 2. The first-order valence-electron chi connectivity index (χ1n) is 6.74. The molecule has 23 heavy (non-hydrogen) atoms. The number of phenolic OH excluding ortho intramolecular Hbond substituents is 2. The molecule has 0 aliphatic rings. The molecule has 0 aliphatic heterocycles. The Morgan fingerprint density at radius 2 is 2.00 bits per heavy atom. The fraction of sp³-hybridized carbons (Fsp3) is 0.118. The highest BCUT2D eigenvalue weighted by Gasteiger charge is 2.15. The second-order valence-electron chi connectivity index (χ2n) is 5.11. The van der Waals surface area contributed by atoms with Crippen LogP contribution in [0.4, 0.5) is 10.1 Å². The normalized spacial score (nSPS) is 12.0. The number of allylic oxidation sites excluding steroid dienone is 2. The Balaban J connectivity index is 2.52. The maximum Gasteiger partial charge on any atom is 0.146 e. The van der Waals surface area contributed by atoms with Crippen molar-refractivity contribution in [2.45, 2.75) is 13.3 Å². The maximum atomic E-state index is 13.8. The molecule has 2 aromatic rings. The lowest BCUT2D eigenvalue weighted by Gasteiger charge is -2.13. The Bertz CT molecular complexity index is 779. The maximum absolute atomic E-state index is 13.8. The fourth-order valence-corrected chi connectivity index (χ4v) is 2.54. The minimum atomic E-state index is -0.482. The van der Waals surface area contributed by atoms with E-state index in [0.29, 0.717) is 16.9 Å². The molecule has 0 heterocycles. The van der Waals surface area contributed by atoms with Crippen LogP contribution in [-0.2, 0) is 11.2 Å². The van der Waals surface area contributed by atoms with Crippen LogP contribution in [0.2, 0.25) is 5.02 Å². The standard InChI is InChI=1S/C17H15ClFNO3/c1-9(17-15(20)6-13(22)7-16(17)23)11(8-21)4-10-5-12(18)2-3-14(10)19/h2-3,5-8,22-23H,4,20H2,1H3/b11-9-. The molecule has 0 unspecified atom stereocenters. The van der Waals surface area contributed by atoms with Gasteiger partial charge in [-0.15, -0.1) is 0 Å². The number of carbonyl (C=O) groups is 1. The molecule has 0 amide bonds. The molecule has 0 atom stereocenters. The topological polar surface area (TPSA) is 83.6 Å². The van der Waals surface area contributed by atoms with Crippen LogP contribution in [0, 0.1) is 5.82 Å². The molecule has 120 valence electrons. The van der Waals surface area contributed by atoms with Gasteiger partial charge in [-0.25, -0.2) is 4.39 Å². The number of rotatable bonds is 4. The minimum Gasteiger partial charge on any atom is -0.508 e. The molecule has 4 nitrogen and oxygen atoms in total. The smallest absolute Gasteiger partial charge is 0.146 e. The van der Waals surface area contributed by atoms with Crippen LogP contribution >= 0.6 is 11.6 Å². The summed E-state index contributed by atoms with van der Waals surface area (Å²) in [5, 5.41) is 19.7. The van der Waals surface area contributed by atoms with E-state index in [-0.39, 0.29) is 40.3 Å². The number of halogens is 2. The largest absolute Gasteiger partial charge is 0.508 e. The number of carbonyl (C=O) groups excluding carboxylic acids is 1. The Kier molecular flexibility index (Phi) is 4.91. The predicted molar refractivity (Wildman–Crippen MR) is 88.0 cm³/mol. The van der Waals surface area contributed by atoms with Crippen molar-refractivity contribution in [3.8, 4) is 11.5 Å². The molecule has 0 saturated carbocycles. The van der Waals surface area contributed by atoms with Crippen molar-refractivity contribution in [1.29, 1.82) is 0 Å². The van der Waals surface area contributed by atoms with E-state index in [1.165, 1.54) is 24.3 Å². The lowest BCUT2D eigenvalue weighted by Crippen LogP contribution is -2.01. The molecule has 4 N–H and O–H groups in total. The van der Waals surface area contributed by atoms with Gasteiger partial charge in [-0.05, 0) is 36.3 Å². The first-order chi connectivity index (χ1) is 10.8. The molecule has 0 aliphatic carbocycles. The van der Waals surface area contributed by atoms with Crippen molar-refractivity contribution in [3.63, 3.8) is 0 Å². The second-order valence-corrected chi connectivity index (χ2v) is 5.55. The van der Waals surface area contributed by atoms with Gasteiger partial charge in [-0.3, -0.25) is 4.79 Å². The number of hydrogen-bond donors (Lipinski definition) is 3. The van der Waals surface area contributed by atoms with E-state index in [0.717, 1.165) is 6.07 Å². The lowest BCUT2D eigenvalue weighted by molar-refractivity contribution is -0.104. The molecule has 0 saturated heterocycles. The third-order valence-corrected chi connectivity index (χ3v) is 3.76. The van der Waals surface area contributed by atoms with E-state index in [1.54, 1.807) is 6.92 Å². The average Bonchev–Trinajstić information content (AvgIpc) is 2.46. The van der Waals surface area contributed by atoms with Crippen LogP contribution in [0.5, 0.6) is 11.5 Å². The number of anilines is 1. The molecule has 0 aromatic heterocycles. The summed E-state index contributed by atoms with van der Waals surface area (Å²) in [6.07, 6.45) is 0.586. The van der Waals surface area contributed by atoms with Crippen LogP contribution in [0.15, 0.2) is 35.9 Å². The van der Waals surface area contributed by atoms with E-state index in [2.05, 4.69) is 0 Å². The van der Waals surface area contributed by atoms with Crippen LogP contribution in [0.25, 0.3) is 5.57 Å². The quantitative estimate of drug-likeness (QED) is 0.452. The van der Waals surface area contributed by atoms with E-state index in [4.69, 9.17) is 17.3 Å². The van der Waals surface area contributed by atoms with Gasteiger partial charge in [0.05, 0.1) is 0 Å². The van der Waals surface area contributed by atoms with Gasteiger partial charge in [0.15, 0.2) is 0 Å². The van der Waals surface area contributed by atoms with Crippen molar-refractivity contribution in [1.82, 2.24) is 0 Å². The molecule has 0 bridgehead atoms. The molecule has 0 spiro atoms. The number of aldehydes is 1. The van der Waals surface area contributed by atoms with Crippen LogP contribution in [0.1, 0.15) is 18.1 Å². The van der Waals surface area contributed by atoms with Gasteiger partial charge in [-0.1, -0.05) is 11.6 Å². The summed E-state index contributed by atoms with van der Waals surface area (Å²) in [6.45, 7) is 1.59. The second kappa shape index (κ2) is 6.71. The summed E-state index contributed by atoms with van der Waals surface area (Å²) in [7, 11) is 0. The number of hydrogen-bond acceptors (Lipinski definition) is 4. The first-order valence-corrected chi connectivity index (χ1v) is 7.12. The fourth-order valence-electron chi connectivity index (χ4n) is 2.35. The van der Waals surface area contributed by atoms with Gasteiger partial charge in [-0.2, -0.15) is 0 Å². The van der Waals surface area contributed by atoms with E-state index in [9.17, 15) is 19.4 Å². The van der Waals surface area contributed by atoms with Gasteiger partial charge in [0.2, 0.25) is 0 Å². The zero-order chi connectivity index (χ0) is 17.1. The zero-order valence-corrected chi connectivity index (χ0v) is 13.1. The highest BCUT2D eigenvalue weighted by Crippen LogP contribution is 2.36. The number of nitrogens with two attached hydrogens (primary N) is 1. The van der Waals surface area contributed by atoms with Gasteiger partial charge < -0.3 is 15.9 Å². The molecule has 0 radical (unpaired) electrons. The highest BCUT2D eigenvalue weighted by atomic mass is 35.5. The monoisotopic (exact) mass is 335 g/mol. The van der Waals surface area contributed by atoms with Crippen LogP contribution in [-0.4, -0.2) is 16.5 Å². The van der Waals surface area contributed by atoms with Crippen molar-refractivity contribution in [2.75, 3.05) is 5.73 Å². The van der Waals surface area contributed by atoms with Crippen LogP contribution < -0.4 is 5.73 Å². The van der Waals surface area contributed by atoms with Crippen molar-refractivity contribution >= 4 is 29.1 Å². The van der Waals surface area contributed by atoms with Crippen LogP contribution in [0.3, 0.4) is 0 Å². The third-order valence-electron chi connectivity index (χ3n) is 3.52. The number of nitrogen functional groups attached to an aromatic ring is 1.